The molecule has 37 heavy (non-hydrogen) atoms. The van der Waals surface area contributed by atoms with Crippen molar-refractivity contribution < 1.29 is 19.1 Å². The first-order chi connectivity index (χ1) is 16.6. The third-order valence-corrected chi connectivity index (χ3v) is 8.32. The number of carbonyl (C=O) groups excluding carboxylic acids is 2. The van der Waals surface area contributed by atoms with Crippen LogP contribution in [0.1, 0.15) is 100 Å². The zero-order chi connectivity index (χ0) is 28.9. The van der Waals surface area contributed by atoms with Crippen LogP contribution in [0.5, 0.6) is 0 Å². The van der Waals surface area contributed by atoms with E-state index in [4.69, 9.17) is 9.47 Å². The summed E-state index contributed by atoms with van der Waals surface area (Å²) in [5, 5.41) is 0. The fraction of sp³-hybridized carbons (Fsp3) is 0.750. The maximum absolute atomic E-state index is 13.5. The summed E-state index contributed by atoms with van der Waals surface area (Å²) in [6.07, 6.45) is 1.90. The molecule has 0 heterocycles. The van der Waals surface area contributed by atoms with Gasteiger partial charge in [0.15, 0.2) is 0 Å². The number of rotatable bonds is 12. The molecule has 0 saturated carbocycles. The van der Waals surface area contributed by atoms with Crippen molar-refractivity contribution in [2.45, 2.75) is 102 Å². The van der Waals surface area contributed by atoms with Crippen LogP contribution in [0.25, 0.3) is 0 Å². The van der Waals surface area contributed by atoms with Gasteiger partial charge in [-0.1, -0.05) is 93.5 Å². The number of benzene rings is 1. The first kappa shape index (κ1) is 33.1. The molecule has 0 bridgehead atoms. The molecule has 0 aromatic heterocycles. The van der Waals surface area contributed by atoms with Gasteiger partial charge in [0.05, 0.1) is 11.8 Å². The Kier molecular flexibility index (Phi) is 11.0. The van der Waals surface area contributed by atoms with Crippen molar-refractivity contribution >= 4 is 11.9 Å². The van der Waals surface area contributed by atoms with E-state index in [-0.39, 0.29) is 40.2 Å². The first-order valence-electron chi connectivity index (χ1n) is 13.7. The van der Waals surface area contributed by atoms with Crippen LogP contribution in [0.2, 0.25) is 0 Å². The molecular formula is C32H55NO4. The lowest BCUT2D eigenvalue weighted by molar-refractivity contribution is -0.167. The molecule has 1 aromatic rings. The highest BCUT2D eigenvalue weighted by Crippen LogP contribution is 2.54. The van der Waals surface area contributed by atoms with E-state index < -0.39 is 5.41 Å². The molecule has 0 aliphatic heterocycles. The SMILES string of the molecule is CN(C)CCOC(=O)C(C)(CC(C)(C)C(C)(C)Cc1ccccc1COC(=O)CC(C)(C)C)C(C)(C)C. The summed E-state index contributed by atoms with van der Waals surface area (Å²) in [7, 11) is 3.96. The van der Waals surface area contributed by atoms with Gasteiger partial charge in [0.25, 0.3) is 0 Å². The predicted octanol–water partition coefficient (Wildman–Crippen LogP) is 7.31. The van der Waals surface area contributed by atoms with Crippen molar-refractivity contribution in [3.8, 4) is 0 Å². The molecule has 5 heteroatoms. The molecule has 0 amide bonds. The minimum absolute atomic E-state index is 0.101. The predicted molar refractivity (Wildman–Crippen MR) is 153 cm³/mol. The van der Waals surface area contributed by atoms with Gasteiger partial charge in [0.2, 0.25) is 0 Å². The Hall–Kier alpha value is -1.88. The lowest BCUT2D eigenvalue weighted by Crippen LogP contribution is -2.48. The Morgan fingerprint density at radius 1 is 0.784 bits per heavy atom. The summed E-state index contributed by atoms with van der Waals surface area (Å²) in [4.78, 5) is 27.8. The number of nitrogens with zero attached hydrogens (tertiary/aromatic N) is 1. The van der Waals surface area contributed by atoms with E-state index >= 15 is 0 Å². The third-order valence-electron chi connectivity index (χ3n) is 8.32. The van der Waals surface area contributed by atoms with E-state index in [2.05, 4.69) is 61.5 Å². The average Bonchev–Trinajstić information content (AvgIpc) is 2.70. The topological polar surface area (TPSA) is 55.8 Å². The summed E-state index contributed by atoms with van der Waals surface area (Å²) in [6, 6.07) is 8.21. The van der Waals surface area contributed by atoms with Crippen molar-refractivity contribution in [2.24, 2.45) is 27.1 Å². The zero-order valence-electron chi connectivity index (χ0n) is 26.1. The summed E-state index contributed by atoms with van der Waals surface area (Å²) in [5.41, 5.74) is 0.860. The largest absolute Gasteiger partial charge is 0.464 e. The Morgan fingerprint density at radius 2 is 1.32 bits per heavy atom. The molecule has 1 atom stereocenters. The van der Waals surface area contributed by atoms with Gasteiger partial charge in [-0.05, 0) is 66.6 Å². The van der Waals surface area contributed by atoms with Gasteiger partial charge < -0.3 is 14.4 Å². The van der Waals surface area contributed by atoms with Crippen molar-refractivity contribution in [2.75, 3.05) is 27.2 Å². The normalized spacial score (nSPS) is 14.9. The molecule has 0 spiro atoms. The van der Waals surface area contributed by atoms with Crippen LogP contribution in [-0.4, -0.2) is 44.1 Å². The molecule has 1 unspecified atom stereocenters. The maximum Gasteiger partial charge on any atom is 0.312 e. The molecule has 0 saturated heterocycles. The molecule has 0 N–H and O–H groups in total. The van der Waals surface area contributed by atoms with E-state index in [0.29, 0.717) is 26.0 Å². The molecule has 1 rings (SSSR count). The van der Waals surface area contributed by atoms with Crippen LogP contribution in [0.3, 0.4) is 0 Å². The number of carbonyl (C=O) groups is 2. The van der Waals surface area contributed by atoms with Crippen molar-refractivity contribution in [1.29, 1.82) is 0 Å². The number of esters is 2. The van der Waals surface area contributed by atoms with Crippen LogP contribution >= 0.6 is 0 Å². The second-order valence-electron chi connectivity index (χ2n) is 14.8. The van der Waals surface area contributed by atoms with Gasteiger partial charge in [-0.25, -0.2) is 0 Å². The van der Waals surface area contributed by atoms with Gasteiger partial charge in [0.1, 0.15) is 13.2 Å². The monoisotopic (exact) mass is 517 g/mol. The highest BCUT2D eigenvalue weighted by molar-refractivity contribution is 5.77. The van der Waals surface area contributed by atoms with Crippen molar-refractivity contribution in [1.82, 2.24) is 4.90 Å². The van der Waals surface area contributed by atoms with Gasteiger partial charge >= 0.3 is 11.9 Å². The lowest BCUT2D eigenvalue weighted by atomic mass is 9.54. The molecule has 5 nitrogen and oxygen atoms in total. The molecule has 0 aliphatic rings. The Balaban J connectivity index is 3.13. The smallest absolute Gasteiger partial charge is 0.312 e. The fourth-order valence-electron chi connectivity index (χ4n) is 4.48. The van der Waals surface area contributed by atoms with E-state index in [0.717, 1.165) is 12.0 Å². The highest BCUT2D eigenvalue weighted by atomic mass is 16.5. The molecule has 0 radical (unpaired) electrons. The number of hydrogen-bond donors (Lipinski definition) is 0. The van der Waals surface area contributed by atoms with Crippen LogP contribution in [0.4, 0.5) is 0 Å². The molecule has 0 fully saturated rings. The molecule has 1 aromatic carbocycles. The van der Waals surface area contributed by atoms with Crippen LogP contribution in [0.15, 0.2) is 24.3 Å². The minimum atomic E-state index is -0.651. The number of likely N-dealkylation sites (N-methyl/N-ethyl adjacent to an activating group) is 1. The van der Waals surface area contributed by atoms with Crippen LogP contribution in [-0.2, 0) is 32.1 Å². The van der Waals surface area contributed by atoms with Crippen LogP contribution < -0.4 is 0 Å². The Morgan fingerprint density at radius 3 is 1.81 bits per heavy atom. The minimum Gasteiger partial charge on any atom is -0.464 e. The summed E-state index contributed by atoms with van der Waals surface area (Å²) in [5.74, 6) is -0.299. The Labute approximate surface area is 227 Å². The first-order valence-corrected chi connectivity index (χ1v) is 13.7. The average molecular weight is 518 g/mol. The number of ether oxygens (including phenoxy) is 2. The second kappa shape index (κ2) is 12.3. The second-order valence-corrected chi connectivity index (χ2v) is 14.8. The van der Waals surface area contributed by atoms with Crippen molar-refractivity contribution in [3.63, 3.8) is 0 Å². The maximum atomic E-state index is 13.5. The van der Waals surface area contributed by atoms with Gasteiger partial charge in [-0.15, -0.1) is 0 Å². The molecular weight excluding hydrogens is 462 g/mol. The van der Waals surface area contributed by atoms with E-state index in [1.807, 2.05) is 58.0 Å². The van der Waals surface area contributed by atoms with Crippen molar-refractivity contribution in [3.05, 3.63) is 35.4 Å². The van der Waals surface area contributed by atoms with Crippen LogP contribution in [0, 0.1) is 27.1 Å². The summed E-state index contributed by atoms with van der Waals surface area (Å²) < 4.78 is 11.5. The van der Waals surface area contributed by atoms with E-state index in [1.54, 1.807) is 0 Å². The fourth-order valence-corrected chi connectivity index (χ4v) is 4.48. The quantitative estimate of drug-likeness (QED) is 0.272. The van der Waals surface area contributed by atoms with E-state index in [9.17, 15) is 9.59 Å². The Bertz CT molecular complexity index is 902. The van der Waals surface area contributed by atoms with Gasteiger partial charge in [-0.3, -0.25) is 9.59 Å². The lowest BCUT2D eigenvalue weighted by Gasteiger charge is -2.50. The summed E-state index contributed by atoms with van der Waals surface area (Å²) in [6.45, 7) is 25.0. The molecule has 212 valence electrons. The molecule has 0 aliphatic carbocycles. The standard InChI is InChI=1S/C32H55NO4/c1-28(2,3)21-26(34)37-22-25-17-15-14-16-24(25)20-30(7,8)31(9,10)23-32(11,29(4,5)6)27(35)36-19-18-33(12)13/h14-17H,18-23H2,1-13H3. The van der Waals surface area contributed by atoms with Gasteiger partial charge in [0, 0.05) is 6.54 Å². The van der Waals surface area contributed by atoms with E-state index in [1.165, 1.54) is 5.56 Å². The third kappa shape index (κ3) is 9.74. The zero-order valence-corrected chi connectivity index (χ0v) is 26.1. The summed E-state index contributed by atoms with van der Waals surface area (Å²) >= 11 is 0. The van der Waals surface area contributed by atoms with Gasteiger partial charge in [-0.2, -0.15) is 0 Å². The number of hydrogen-bond acceptors (Lipinski definition) is 5. The highest BCUT2D eigenvalue weighted by Gasteiger charge is 2.52.